The van der Waals surface area contributed by atoms with E-state index in [2.05, 4.69) is 10.3 Å². The first-order chi connectivity index (χ1) is 12.0. The molecule has 0 saturated heterocycles. The maximum atomic E-state index is 13.3. The highest BCUT2D eigenvalue weighted by atomic mass is 32.1. The molecule has 1 aromatic carbocycles. The molecule has 2 rings (SSSR count). The van der Waals surface area contributed by atoms with Gasteiger partial charge in [-0.3, -0.25) is 14.9 Å². The summed E-state index contributed by atoms with van der Waals surface area (Å²) >= 11 is 0.596. The van der Waals surface area contributed by atoms with Crippen LogP contribution in [-0.4, -0.2) is 27.1 Å². The number of halogens is 3. The van der Waals surface area contributed by atoms with Crippen LogP contribution in [0.3, 0.4) is 0 Å². The van der Waals surface area contributed by atoms with Crippen molar-refractivity contribution < 1.29 is 28.0 Å². The number of nitro benzene ring substituents is 1. The lowest BCUT2D eigenvalue weighted by molar-refractivity contribution is -0.385. The van der Waals surface area contributed by atoms with Gasteiger partial charge in [-0.1, -0.05) is 18.2 Å². The van der Waals surface area contributed by atoms with Gasteiger partial charge in [0.25, 0.3) is 5.69 Å². The van der Waals surface area contributed by atoms with Crippen molar-refractivity contribution >= 4 is 22.9 Å². The molecule has 0 saturated carbocycles. The Morgan fingerprint density at radius 1 is 1.38 bits per heavy atom. The Morgan fingerprint density at radius 3 is 2.58 bits per heavy atom. The van der Waals surface area contributed by atoms with Crippen molar-refractivity contribution in [2.24, 2.45) is 0 Å². The molecule has 7 nitrogen and oxygen atoms in total. The summed E-state index contributed by atoms with van der Waals surface area (Å²) in [6.45, 7) is 1.12. The van der Waals surface area contributed by atoms with Crippen LogP contribution in [0.5, 0.6) is 0 Å². The highest BCUT2D eigenvalue weighted by Crippen LogP contribution is 2.42. The van der Waals surface area contributed by atoms with Crippen molar-refractivity contribution in [1.29, 1.82) is 0 Å². The second kappa shape index (κ2) is 7.38. The second-order valence-electron chi connectivity index (χ2n) is 5.49. The van der Waals surface area contributed by atoms with Crippen molar-refractivity contribution in [3.63, 3.8) is 0 Å². The van der Waals surface area contributed by atoms with Crippen LogP contribution in [0.4, 0.5) is 18.9 Å². The lowest BCUT2D eigenvalue weighted by Gasteiger charge is -2.27. The summed E-state index contributed by atoms with van der Waals surface area (Å²) in [5, 5.41) is 23.9. The number of para-hydroxylation sites is 1. The molecular weight excluding hydrogens is 375 g/mol. The summed E-state index contributed by atoms with van der Waals surface area (Å²) in [5.74, 6) is -1.11. The van der Waals surface area contributed by atoms with Crippen molar-refractivity contribution in [1.82, 2.24) is 10.3 Å². The van der Waals surface area contributed by atoms with Crippen molar-refractivity contribution in [3.8, 4) is 0 Å². The van der Waals surface area contributed by atoms with Gasteiger partial charge in [0.1, 0.15) is 5.01 Å². The van der Waals surface area contributed by atoms with Gasteiger partial charge in [-0.2, -0.15) is 13.2 Å². The average Bonchev–Trinajstić information content (AvgIpc) is 2.99. The van der Waals surface area contributed by atoms with Gasteiger partial charge in [0, 0.05) is 29.2 Å². The van der Waals surface area contributed by atoms with E-state index in [-0.39, 0.29) is 23.5 Å². The summed E-state index contributed by atoms with van der Waals surface area (Å²) in [4.78, 5) is 25.9. The number of aryl methyl sites for hydroxylation is 1. The number of nitrogens with one attached hydrogen (secondary N) is 1. The summed E-state index contributed by atoms with van der Waals surface area (Å²) in [6.07, 6.45) is -6.42. The largest absolute Gasteiger partial charge is 0.424 e. The van der Waals surface area contributed by atoms with E-state index in [0.29, 0.717) is 11.3 Å². The standard InChI is InChI=1S/C15H14F3N3O4S/c1-9-8-26-13(20-9)14(23,15(16,17)18)6-12(22)19-7-10-4-2-3-5-11(10)21(24)25/h2-5,8,23H,6-7H2,1H3,(H,19,22)/t14-/m1/s1. The Balaban J connectivity index is 2.15. The number of nitrogens with zero attached hydrogens (tertiary/aromatic N) is 2. The maximum absolute atomic E-state index is 13.3. The van der Waals surface area contributed by atoms with E-state index in [1.807, 2.05) is 0 Å². The van der Waals surface area contributed by atoms with Gasteiger partial charge in [0.05, 0.1) is 11.3 Å². The zero-order valence-electron chi connectivity index (χ0n) is 13.4. The molecule has 2 N–H and O–H groups in total. The van der Waals surface area contributed by atoms with E-state index in [1.54, 1.807) is 0 Å². The van der Waals surface area contributed by atoms with Crippen molar-refractivity contribution in [3.05, 3.63) is 56.0 Å². The van der Waals surface area contributed by atoms with Gasteiger partial charge in [-0.25, -0.2) is 4.98 Å². The number of benzene rings is 1. The van der Waals surface area contributed by atoms with Gasteiger partial charge in [0.2, 0.25) is 11.5 Å². The number of hydrogen-bond donors (Lipinski definition) is 2. The van der Waals surface area contributed by atoms with Crippen LogP contribution in [-0.2, 0) is 16.9 Å². The highest BCUT2D eigenvalue weighted by molar-refractivity contribution is 7.09. The minimum Gasteiger partial charge on any atom is -0.374 e. The van der Waals surface area contributed by atoms with E-state index in [0.717, 1.165) is 0 Å². The number of rotatable bonds is 6. The normalized spacial score (nSPS) is 13.9. The molecule has 11 heteroatoms. The number of aliphatic hydroxyl groups is 1. The first kappa shape index (κ1) is 19.8. The molecule has 2 aromatic rings. The Bertz CT molecular complexity index is 824. The van der Waals surface area contributed by atoms with E-state index in [9.17, 15) is 33.2 Å². The number of thiazole rings is 1. The van der Waals surface area contributed by atoms with Gasteiger partial charge in [-0.05, 0) is 6.92 Å². The minimum absolute atomic E-state index is 0.131. The molecule has 0 aliphatic carbocycles. The molecule has 26 heavy (non-hydrogen) atoms. The van der Waals surface area contributed by atoms with Gasteiger partial charge in [0.15, 0.2) is 0 Å². The summed E-state index contributed by atoms with van der Waals surface area (Å²) in [7, 11) is 0. The molecule has 0 aliphatic heterocycles. The Kier molecular flexibility index (Phi) is 5.62. The topological polar surface area (TPSA) is 105 Å². The molecule has 1 atom stereocenters. The predicted octanol–water partition coefficient (Wildman–Crippen LogP) is 2.82. The van der Waals surface area contributed by atoms with Crippen molar-refractivity contribution in [2.75, 3.05) is 0 Å². The third-order valence-corrected chi connectivity index (χ3v) is 4.63. The van der Waals surface area contributed by atoms with Crippen LogP contribution in [0.25, 0.3) is 0 Å². The zero-order valence-corrected chi connectivity index (χ0v) is 14.2. The minimum atomic E-state index is -5.12. The number of amides is 1. The molecule has 0 bridgehead atoms. The average molecular weight is 389 g/mol. The van der Waals surface area contributed by atoms with Crippen LogP contribution >= 0.6 is 11.3 Å². The van der Waals surface area contributed by atoms with Gasteiger partial charge < -0.3 is 10.4 Å². The van der Waals surface area contributed by atoms with E-state index in [4.69, 9.17) is 0 Å². The fourth-order valence-corrected chi connectivity index (χ4v) is 3.08. The number of aromatic nitrogens is 1. The number of hydrogen-bond acceptors (Lipinski definition) is 6. The second-order valence-corrected chi connectivity index (χ2v) is 6.35. The molecule has 1 aromatic heterocycles. The molecule has 1 amide bonds. The zero-order chi connectivity index (χ0) is 19.5. The summed E-state index contributed by atoms with van der Waals surface area (Å²) in [6, 6.07) is 5.51. The number of carbonyl (C=O) groups is 1. The van der Waals surface area contributed by atoms with Crippen LogP contribution in [0.1, 0.15) is 22.7 Å². The van der Waals surface area contributed by atoms with Crippen molar-refractivity contribution in [2.45, 2.75) is 31.7 Å². The van der Waals surface area contributed by atoms with Gasteiger partial charge >= 0.3 is 6.18 Å². The SMILES string of the molecule is Cc1csc([C@](O)(CC(=O)NCc2ccccc2[N+](=O)[O-])C(F)(F)F)n1. The predicted molar refractivity (Wildman–Crippen MR) is 86.4 cm³/mol. The fraction of sp³-hybridized carbons (Fsp3) is 0.333. The molecule has 1 heterocycles. The summed E-state index contributed by atoms with van der Waals surface area (Å²) in [5.41, 5.74) is -3.28. The first-order valence-corrected chi connectivity index (χ1v) is 8.13. The van der Waals surface area contributed by atoms with Crippen LogP contribution in [0.15, 0.2) is 29.6 Å². The maximum Gasteiger partial charge on any atom is 0.424 e. The van der Waals surface area contributed by atoms with Crippen LogP contribution < -0.4 is 5.32 Å². The number of nitro groups is 1. The number of carbonyl (C=O) groups excluding carboxylic acids is 1. The lowest BCUT2D eigenvalue weighted by atomic mass is 9.99. The summed E-state index contributed by atoms with van der Waals surface area (Å²) < 4.78 is 40.0. The Morgan fingerprint density at radius 2 is 2.04 bits per heavy atom. The first-order valence-electron chi connectivity index (χ1n) is 7.25. The van der Waals surface area contributed by atoms with E-state index < -0.39 is 34.0 Å². The van der Waals surface area contributed by atoms with E-state index >= 15 is 0 Å². The fourth-order valence-electron chi connectivity index (χ4n) is 2.17. The quantitative estimate of drug-likeness (QED) is 0.584. The molecule has 140 valence electrons. The molecule has 0 unspecified atom stereocenters. The molecular formula is C15H14F3N3O4S. The lowest BCUT2D eigenvalue weighted by Crippen LogP contribution is -2.46. The van der Waals surface area contributed by atoms with Gasteiger partial charge in [-0.15, -0.1) is 11.3 Å². The molecule has 0 fully saturated rings. The third-order valence-electron chi connectivity index (χ3n) is 3.52. The number of alkyl halides is 3. The Hall–Kier alpha value is -2.53. The smallest absolute Gasteiger partial charge is 0.374 e. The molecule has 0 aliphatic rings. The van der Waals surface area contributed by atoms with E-state index in [1.165, 1.54) is 36.6 Å². The molecule has 0 spiro atoms. The Labute approximate surface area is 149 Å². The highest BCUT2D eigenvalue weighted by Gasteiger charge is 2.58. The third kappa shape index (κ3) is 4.17. The van der Waals surface area contributed by atoms with Crippen LogP contribution in [0.2, 0.25) is 0 Å². The monoisotopic (exact) mass is 389 g/mol. The molecule has 0 radical (unpaired) electrons. The van der Waals surface area contributed by atoms with Crippen LogP contribution in [0, 0.1) is 17.0 Å².